The fourth-order valence-corrected chi connectivity index (χ4v) is 1.38. The molecule has 1 N–H and O–H groups in total. The number of carbonyl (C=O) groups excluding carboxylic acids is 1. The minimum atomic E-state index is -0.597. The van der Waals surface area contributed by atoms with Gasteiger partial charge in [0.25, 0.3) is 0 Å². The average molecular weight is 226 g/mol. The van der Waals surface area contributed by atoms with Crippen molar-refractivity contribution >= 4 is 11.5 Å². The maximum atomic E-state index is 11.5. The molecule has 0 bridgehead atoms. The van der Waals surface area contributed by atoms with E-state index >= 15 is 0 Å². The van der Waals surface area contributed by atoms with Gasteiger partial charge in [-0.1, -0.05) is 0 Å². The third-order valence-corrected chi connectivity index (χ3v) is 2.09. The standard InChI is InChI=1S/C10H14N2O4/c1-6-9(13)8(12(2)11-6)7(5-15-3)10(14)16-4/h5,13H,1-4H3/b7-5+. The van der Waals surface area contributed by atoms with Crippen molar-refractivity contribution in [2.45, 2.75) is 6.92 Å². The van der Waals surface area contributed by atoms with Gasteiger partial charge in [-0.15, -0.1) is 0 Å². The first-order chi connectivity index (χ1) is 7.52. The van der Waals surface area contributed by atoms with Crippen LogP contribution >= 0.6 is 0 Å². The number of methoxy groups -OCH3 is 2. The molecule has 16 heavy (non-hydrogen) atoms. The smallest absolute Gasteiger partial charge is 0.343 e. The topological polar surface area (TPSA) is 73.6 Å². The number of aryl methyl sites for hydroxylation is 2. The Morgan fingerprint density at radius 1 is 1.50 bits per heavy atom. The van der Waals surface area contributed by atoms with Gasteiger partial charge in [-0.05, 0) is 6.92 Å². The van der Waals surface area contributed by atoms with Crippen molar-refractivity contribution < 1.29 is 19.4 Å². The molecule has 0 radical (unpaired) electrons. The van der Waals surface area contributed by atoms with Gasteiger partial charge in [0.05, 0.1) is 20.5 Å². The van der Waals surface area contributed by atoms with Crippen molar-refractivity contribution in [3.8, 4) is 5.75 Å². The SMILES string of the molecule is CO/C=C(/C(=O)OC)c1c(O)c(C)nn1C. The van der Waals surface area contributed by atoms with Crippen molar-refractivity contribution in [2.75, 3.05) is 14.2 Å². The Morgan fingerprint density at radius 2 is 2.12 bits per heavy atom. The summed E-state index contributed by atoms with van der Waals surface area (Å²) in [5, 5.41) is 13.8. The van der Waals surface area contributed by atoms with Crippen LogP contribution in [0.15, 0.2) is 6.26 Å². The molecule has 6 nitrogen and oxygen atoms in total. The summed E-state index contributed by atoms with van der Waals surface area (Å²) in [5.74, 6) is -0.656. The van der Waals surface area contributed by atoms with Crippen LogP contribution in [0.1, 0.15) is 11.4 Å². The zero-order valence-electron chi connectivity index (χ0n) is 9.64. The molecule has 0 fully saturated rings. The lowest BCUT2D eigenvalue weighted by atomic mass is 10.2. The summed E-state index contributed by atoms with van der Waals surface area (Å²) in [7, 11) is 4.28. The van der Waals surface area contributed by atoms with Crippen LogP contribution in [0.4, 0.5) is 0 Å². The highest BCUT2D eigenvalue weighted by molar-refractivity contribution is 6.16. The molecule has 0 saturated heterocycles. The van der Waals surface area contributed by atoms with E-state index in [4.69, 9.17) is 4.74 Å². The van der Waals surface area contributed by atoms with Crippen LogP contribution in [0.25, 0.3) is 5.57 Å². The number of aromatic hydroxyl groups is 1. The van der Waals surface area contributed by atoms with E-state index in [1.165, 1.54) is 25.2 Å². The Morgan fingerprint density at radius 3 is 2.50 bits per heavy atom. The lowest BCUT2D eigenvalue weighted by Crippen LogP contribution is -2.08. The summed E-state index contributed by atoms with van der Waals surface area (Å²) < 4.78 is 10.8. The number of rotatable bonds is 3. The van der Waals surface area contributed by atoms with E-state index in [2.05, 4.69) is 9.84 Å². The van der Waals surface area contributed by atoms with Gasteiger partial charge in [-0.2, -0.15) is 5.10 Å². The summed E-state index contributed by atoms with van der Waals surface area (Å²) >= 11 is 0. The number of ether oxygens (including phenoxy) is 2. The Kier molecular flexibility index (Phi) is 3.55. The molecule has 0 spiro atoms. The molecule has 88 valence electrons. The minimum absolute atomic E-state index is 0.0591. The average Bonchev–Trinajstić information content (AvgIpc) is 2.50. The van der Waals surface area contributed by atoms with E-state index in [0.717, 1.165) is 0 Å². The van der Waals surface area contributed by atoms with Gasteiger partial charge in [-0.3, -0.25) is 4.68 Å². The quantitative estimate of drug-likeness (QED) is 0.464. The third-order valence-electron chi connectivity index (χ3n) is 2.09. The first kappa shape index (κ1) is 12.1. The van der Waals surface area contributed by atoms with Crippen LogP contribution in [0.3, 0.4) is 0 Å². The molecule has 0 saturated carbocycles. The Balaban J connectivity index is 3.32. The number of aromatic nitrogens is 2. The number of hydrogen-bond acceptors (Lipinski definition) is 5. The summed E-state index contributed by atoms with van der Waals surface area (Å²) in [6.07, 6.45) is 1.21. The molecule has 6 heteroatoms. The van der Waals surface area contributed by atoms with Crippen LogP contribution in [0, 0.1) is 6.92 Å². The van der Waals surface area contributed by atoms with E-state index in [0.29, 0.717) is 5.69 Å². The summed E-state index contributed by atoms with van der Waals surface area (Å²) in [4.78, 5) is 11.5. The van der Waals surface area contributed by atoms with Crippen molar-refractivity contribution in [3.63, 3.8) is 0 Å². The lowest BCUT2D eigenvalue weighted by molar-refractivity contribution is -0.133. The fourth-order valence-electron chi connectivity index (χ4n) is 1.38. The van der Waals surface area contributed by atoms with Crippen LogP contribution in [0.5, 0.6) is 5.75 Å². The van der Waals surface area contributed by atoms with Gasteiger partial charge in [0.15, 0.2) is 5.75 Å². The molecule has 0 amide bonds. The Hall–Kier alpha value is -1.98. The Bertz CT molecular complexity index is 434. The second-order valence-corrected chi connectivity index (χ2v) is 3.17. The molecular formula is C10H14N2O4. The van der Waals surface area contributed by atoms with E-state index < -0.39 is 5.97 Å². The van der Waals surface area contributed by atoms with E-state index in [-0.39, 0.29) is 17.0 Å². The molecule has 0 aromatic carbocycles. The Labute approximate surface area is 93.1 Å². The summed E-state index contributed by atoms with van der Waals surface area (Å²) in [5.41, 5.74) is 0.820. The summed E-state index contributed by atoms with van der Waals surface area (Å²) in [6, 6.07) is 0. The zero-order chi connectivity index (χ0) is 12.3. The van der Waals surface area contributed by atoms with Crippen LogP contribution in [-0.4, -0.2) is 35.1 Å². The first-order valence-electron chi connectivity index (χ1n) is 4.57. The molecule has 0 aliphatic heterocycles. The number of carbonyl (C=O) groups is 1. The molecule has 1 aromatic rings. The maximum absolute atomic E-state index is 11.5. The van der Waals surface area contributed by atoms with Crippen molar-refractivity contribution in [1.82, 2.24) is 9.78 Å². The lowest BCUT2D eigenvalue weighted by Gasteiger charge is -2.05. The molecule has 1 aromatic heterocycles. The predicted molar refractivity (Wildman–Crippen MR) is 56.6 cm³/mol. The maximum Gasteiger partial charge on any atom is 0.343 e. The molecule has 0 unspecified atom stereocenters. The predicted octanol–water partition coefficient (Wildman–Crippen LogP) is 0.594. The third kappa shape index (κ3) is 2.00. The largest absolute Gasteiger partial charge is 0.504 e. The highest BCUT2D eigenvalue weighted by Gasteiger charge is 2.22. The van der Waals surface area contributed by atoms with E-state index in [1.807, 2.05) is 0 Å². The van der Waals surface area contributed by atoms with Crippen molar-refractivity contribution in [2.24, 2.45) is 7.05 Å². The molecule has 0 aliphatic rings. The van der Waals surface area contributed by atoms with Gasteiger partial charge >= 0.3 is 5.97 Å². The van der Waals surface area contributed by atoms with Gasteiger partial charge in [0.2, 0.25) is 0 Å². The first-order valence-corrected chi connectivity index (χ1v) is 4.57. The molecule has 0 aliphatic carbocycles. The molecular weight excluding hydrogens is 212 g/mol. The normalized spacial score (nSPS) is 11.4. The van der Waals surface area contributed by atoms with Gasteiger partial charge < -0.3 is 14.6 Å². The molecule has 1 rings (SSSR count). The van der Waals surface area contributed by atoms with Crippen LogP contribution in [0.2, 0.25) is 0 Å². The second-order valence-electron chi connectivity index (χ2n) is 3.17. The monoisotopic (exact) mass is 226 g/mol. The highest BCUT2D eigenvalue weighted by Crippen LogP contribution is 2.28. The second kappa shape index (κ2) is 4.69. The fraction of sp³-hybridized carbons (Fsp3) is 0.400. The number of esters is 1. The highest BCUT2D eigenvalue weighted by atomic mass is 16.5. The molecule has 0 atom stereocenters. The summed E-state index contributed by atoms with van der Waals surface area (Å²) in [6.45, 7) is 1.64. The van der Waals surface area contributed by atoms with Gasteiger partial charge in [-0.25, -0.2) is 4.79 Å². The van der Waals surface area contributed by atoms with E-state index in [9.17, 15) is 9.90 Å². The van der Waals surface area contributed by atoms with Crippen molar-refractivity contribution in [3.05, 3.63) is 17.6 Å². The van der Waals surface area contributed by atoms with Crippen LogP contribution < -0.4 is 0 Å². The van der Waals surface area contributed by atoms with Crippen LogP contribution in [-0.2, 0) is 21.3 Å². The van der Waals surface area contributed by atoms with Gasteiger partial charge in [0, 0.05) is 7.05 Å². The van der Waals surface area contributed by atoms with Gasteiger partial charge in [0.1, 0.15) is 17.0 Å². The minimum Gasteiger partial charge on any atom is -0.504 e. The number of hydrogen-bond donors (Lipinski definition) is 1. The van der Waals surface area contributed by atoms with Crippen molar-refractivity contribution in [1.29, 1.82) is 0 Å². The van der Waals surface area contributed by atoms with E-state index in [1.54, 1.807) is 14.0 Å². The zero-order valence-corrected chi connectivity index (χ0v) is 9.64. The molecule has 1 heterocycles. The number of nitrogens with zero attached hydrogens (tertiary/aromatic N) is 2.